The Morgan fingerprint density at radius 3 is 2.46 bits per heavy atom. The number of pyridine rings is 2. The first kappa shape index (κ1) is 17.9. The molecule has 0 amide bonds. The predicted molar refractivity (Wildman–Crippen MR) is 112 cm³/mol. The van der Waals surface area contributed by atoms with E-state index < -0.39 is 0 Å². The highest BCUT2D eigenvalue weighted by Crippen LogP contribution is 2.29. The molecule has 2 aromatic carbocycles. The summed E-state index contributed by atoms with van der Waals surface area (Å²) in [6.45, 7) is 1.88. The largest absolute Gasteiger partial charge is 0.494 e. The molecule has 0 aliphatic heterocycles. The second kappa shape index (κ2) is 7.29. The number of aromatic nitrogens is 2. The fourth-order valence-electron chi connectivity index (χ4n) is 3.08. The molecule has 4 rings (SSSR count). The van der Waals surface area contributed by atoms with Crippen LogP contribution in [-0.4, -0.2) is 20.9 Å². The number of nitrogens with zero attached hydrogens (tertiary/aromatic N) is 3. The van der Waals surface area contributed by atoms with Crippen molar-refractivity contribution in [1.82, 2.24) is 9.55 Å². The summed E-state index contributed by atoms with van der Waals surface area (Å²) in [5, 5.41) is 12.4. The smallest absolute Gasteiger partial charge is 0.265 e. The zero-order valence-electron chi connectivity index (χ0n) is 15.0. The minimum atomic E-state index is -0.355. The van der Waals surface area contributed by atoms with Gasteiger partial charge < -0.3 is 5.11 Å². The Kier molecular flexibility index (Phi) is 4.67. The van der Waals surface area contributed by atoms with Crippen LogP contribution >= 0.6 is 11.6 Å². The third-order valence-corrected chi connectivity index (χ3v) is 4.72. The molecule has 138 valence electrons. The van der Waals surface area contributed by atoms with Crippen LogP contribution in [0.3, 0.4) is 0 Å². The van der Waals surface area contributed by atoms with E-state index in [0.29, 0.717) is 32.9 Å². The molecule has 2 heterocycles. The van der Waals surface area contributed by atoms with Crippen molar-refractivity contribution in [3.63, 3.8) is 0 Å². The Bertz CT molecular complexity index is 1280. The quantitative estimate of drug-likeness (QED) is 0.511. The highest BCUT2D eigenvalue weighted by atomic mass is 35.5. The molecule has 2 aromatic heterocycles. The zero-order chi connectivity index (χ0) is 19.7. The second-order valence-corrected chi connectivity index (χ2v) is 6.68. The monoisotopic (exact) mass is 389 g/mol. The van der Waals surface area contributed by atoms with Gasteiger partial charge in [0.15, 0.2) is 5.82 Å². The van der Waals surface area contributed by atoms with E-state index in [4.69, 9.17) is 11.6 Å². The summed E-state index contributed by atoms with van der Waals surface area (Å²) >= 11 is 6.28. The maximum Gasteiger partial charge on any atom is 0.265 e. The van der Waals surface area contributed by atoms with Gasteiger partial charge in [-0.3, -0.25) is 4.79 Å². The lowest BCUT2D eigenvalue weighted by Crippen LogP contribution is -2.20. The molecule has 0 saturated heterocycles. The van der Waals surface area contributed by atoms with E-state index in [2.05, 4.69) is 9.98 Å². The summed E-state index contributed by atoms with van der Waals surface area (Å²) < 4.78 is 1.20. The standard InChI is InChI=1S/C22H16ClN3O2/c1-14-7-6-12-20(25-14)24-13-17-15-8-2-3-9-16(15)21(27)26(22(17)28)19-11-5-4-10-18(19)23/h2-13,28H,1H3. The van der Waals surface area contributed by atoms with Gasteiger partial charge in [0.1, 0.15) is 0 Å². The number of fused-ring (bicyclic) bond motifs is 1. The van der Waals surface area contributed by atoms with E-state index in [-0.39, 0.29) is 11.4 Å². The van der Waals surface area contributed by atoms with Crippen LogP contribution in [0.15, 0.2) is 76.5 Å². The minimum absolute atomic E-state index is 0.229. The molecule has 5 nitrogen and oxygen atoms in total. The van der Waals surface area contributed by atoms with Crippen LogP contribution in [0.25, 0.3) is 16.5 Å². The van der Waals surface area contributed by atoms with Crippen molar-refractivity contribution >= 4 is 34.4 Å². The highest BCUT2D eigenvalue weighted by molar-refractivity contribution is 6.32. The summed E-state index contributed by atoms with van der Waals surface area (Å²) in [4.78, 5) is 21.8. The number of aromatic hydroxyl groups is 1. The summed E-state index contributed by atoms with van der Waals surface area (Å²) in [5.74, 6) is 0.284. The van der Waals surface area contributed by atoms with Gasteiger partial charge in [-0.15, -0.1) is 0 Å². The normalized spacial score (nSPS) is 11.4. The molecular formula is C22H16ClN3O2. The van der Waals surface area contributed by atoms with E-state index >= 15 is 0 Å². The van der Waals surface area contributed by atoms with Gasteiger partial charge in [-0.2, -0.15) is 0 Å². The highest BCUT2D eigenvalue weighted by Gasteiger charge is 2.17. The molecule has 0 saturated carbocycles. The number of halogens is 1. The first-order valence-electron chi connectivity index (χ1n) is 8.65. The van der Waals surface area contributed by atoms with Crippen LogP contribution in [0.5, 0.6) is 5.88 Å². The maximum absolute atomic E-state index is 13.1. The number of hydrogen-bond donors (Lipinski definition) is 1. The van der Waals surface area contributed by atoms with E-state index in [1.165, 1.54) is 10.8 Å². The molecule has 0 aliphatic carbocycles. The SMILES string of the molecule is Cc1cccc(N=Cc2c(O)n(-c3ccccc3Cl)c(=O)c3ccccc23)n1. The average Bonchev–Trinajstić information content (AvgIpc) is 2.69. The van der Waals surface area contributed by atoms with Crippen molar-refractivity contribution in [1.29, 1.82) is 0 Å². The molecule has 1 N–H and O–H groups in total. The number of rotatable bonds is 3. The minimum Gasteiger partial charge on any atom is -0.494 e. The van der Waals surface area contributed by atoms with Crippen molar-refractivity contribution in [2.24, 2.45) is 4.99 Å². The summed E-state index contributed by atoms with van der Waals surface area (Å²) in [6.07, 6.45) is 1.52. The number of benzene rings is 2. The number of aliphatic imine (C=N–C) groups is 1. The summed E-state index contributed by atoms with van der Waals surface area (Å²) in [5.41, 5.74) is 1.30. The Hall–Kier alpha value is -3.44. The molecule has 0 radical (unpaired) electrons. The molecule has 4 aromatic rings. The predicted octanol–water partition coefficient (Wildman–Crippen LogP) is 4.80. The van der Waals surface area contributed by atoms with Gasteiger partial charge in [-0.1, -0.05) is 48.0 Å². The van der Waals surface area contributed by atoms with Crippen LogP contribution in [0.4, 0.5) is 5.82 Å². The molecule has 28 heavy (non-hydrogen) atoms. The van der Waals surface area contributed by atoms with Gasteiger partial charge in [0.2, 0.25) is 5.88 Å². The van der Waals surface area contributed by atoms with Crippen molar-refractivity contribution in [3.8, 4) is 11.6 Å². The summed E-state index contributed by atoms with van der Waals surface area (Å²) in [7, 11) is 0. The third-order valence-electron chi connectivity index (χ3n) is 4.40. The van der Waals surface area contributed by atoms with Crippen molar-refractivity contribution in [3.05, 3.63) is 93.4 Å². The first-order valence-corrected chi connectivity index (χ1v) is 9.03. The molecule has 6 heteroatoms. The van der Waals surface area contributed by atoms with E-state index in [0.717, 1.165) is 5.69 Å². The molecule has 0 bridgehead atoms. The number of para-hydroxylation sites is 1. The topological polar surface area (TPSA) is 67.5 Å². The van der Waals surface area contributed by atoms with Crippen LogP contribution in [-0.2, 0) is 0 Å². The number of aryl methyl sites for hydroxylation is 1. The Morgan fingerprint density at radius 2 is 1.71 bits per heavy atom. The molecular weight excluding hydrogens is 374 g/mol. The molecule has 0 fully saturated rings. The van der Waals surface area contributed by atoms with Gasteiger partial charge in [0.05, 0.1) is 16.3 Å². The maximum atomic E-state index is 13.1. The molecule has 0 aliphatic rings. The Morgan fingerprint density at radius 1 is 1.00 bits per heavy atom. The van der Waals surface area contributed by atoms with Gasteiger partial charge in [0.25, 0.3) is 5.56 Å². The molecule has 0 spiro atoms. The van der Waals surface area contributed by atoms with Crippen molar-refractivity contribution < 1.29 is 5.11 Å². The average molecular weight is 390 g/mol. The second-order valence-electron chi connectivity index (χ2n) is 6.27. The van der Waals surface area contributed by atoms with Gasteiger partial charge in [-0.05, 0) is 37.3 Å². The number of hydrogen-bond acceptors (Lipinski definition) is 4. The van der Waals surface area contributed by atoms with E-state index in [1.54, 1.807) is 48.5 Å². The van der Waals surface area contributed by atoms with E-state index in [9.17, 15) is 9.90 Å². The van der Waals surface area contributed by atoms with Gasteiger partial charge in [-0.25, -0.2) is 14.5 Å². The Labute approximate surface area is 166 Å². The van der Waals surface area contributed by atoms with Crippen LogP contribution < -0.4 is 5.56 Å². The van der Waals surface area contributed by atoms with Crippen LogP contribution in [0.1, 0.15) is 11.3 Å². The fourth-order valence-corrected chi connectivity index (χ4v) is 3.30. The third kappa shape index (κ3) is 3.17. The van der Waals surface area contributed by atoms with Gasteiger partial charge in [0, 0.05) is 22.7 Å². The lowest BCUT2D eigenvalue weighted by atomic mass is 10.1. The van der Waals surface area contributed by atoms with Crippen LogP contribution in [0, 0.1) is 6.92 Å². The van der Waals surface area contributed by atoms with Crippen molar-refractivity contribution in [2.75, 3.05) is 0 Å². The molecule has 0 unspecified atom stereocenters. The van der Waals surface area contributed by atoms with Gasteiger partial charge >= 0.3 is 0 Å². The van der Waals surface area contributed by atoms with Crippen molar-refractivity contribution in [2.45, 2.75) is 6.92 Å². The summed E-state index contributed by atoms with van der Waals surface area (Å²) in [6, 6.07) is 19.5. The lowest BCUT2D eigenvalue weighted by molar-refractivity contribution is 0.436. The van der Waals surface area contributed by atoms with E-state index in [1.807, 2.05) is 25.1 Å². The van der Waals surface area contributed by atoms with Crippen LogP contribution in [0.2, 0.25) is 5.02 Å². The molecule has 0 atom stereocenters. The zero-order valence-corrected chi connectivity index (χ0v) is 15.8. The first-order chi connectivity index (χ1) is 13.6. The Balaban J connectivity index is 2.01. The lowest BCUT2D eigenvalue weighted by Gasteiger charge is -2.14. The fraction of sp³-hybridized carbons (Fsp3) is 0.0455.